The van der Waals surface area contributed by atoms with Crippen molar-refractivity contribution in [2.75, 3.05) is 4.81 Å². The number of hydrogen-bond donors (Lipinski definition) is 0. The summed E-state index contributed by atoms with van der Waals surface area (Å²) in [7, 11) is 0. The highest BCUT2D eigenvalue weighted by atomic mass is 32.1. The summed E-state index contributed by atoms with van der Waals surface area (Å²) in [5.74, 6) is 0. The third-order valence-corrected chi connectivity index (χ3v) is 12.9. The molecule has 0 radical (unpaired) electrons. The molecule has 5 heteroatoms. The van der Waals surface area contributed by atoms with Gasteiger partial charge in [-0.05, 0) is 74.8 Å². The van der Waals surface area contributed by atoms with Crippen LogP contribution in [0.25, 0.3) is 91.9 Å². The topological polar surface area (TPSA) is 21.3 Å². The van der Waals surface area contributed by atoms with E-state index in [-0.39, 0.29) is 6.85 Å². The molecule has 0 bridgehead atoms. The molecule has 0 saturated carbocycles. The van der Waals surface area contributed by atoms with Crippen molar-refractivity contribution in [2.45, 2.75) is 0 Å². The van der Waals surface area contributed by atoms with Crippen LogP contribution in [0.4, 0.5) is 11.4 Å². The van der Waals surface area contributed by atoms with Gasteiger partial charge in [0.2, 0.25) is 0 Å². The van der Waals surface area contributed by atoms with Crippen molar-refractivity contribution in [1.82, 2.24) is 4.57 Å². The summed E-state index contributed by atoms with van der Waals surface area (Å²) in [5, 5.41) is 8.76. The molecule has 2 aliphatic rings. The highest BCUT2D eigenvalue weighted by molar-refractivity contribution is 7.26. The molecule has 0 unspecified atom stereocenters. The van der Waals surface area contributed by atoms with Gasteiger partial charge in [0, 0.05) is 60.3 Å². The molecule has 0 fully saturated rings. The molecule has 8 aromatic carbocycles. The second-order valence-corrected chi connectivity index (χ2v) is 15.4. The maximum atomic E-state index is 6.80. The van der Waals surface area contributed by atoms with Crippen LogP contribution in [-0.4, -0.2) is 11.4 Å². The Morgan fingerprint density at radius 3 is 2.11 bits per heavy atom. The van der Waals surface area contributed by atoms with Crippen LogP contribution in [0.3, 0.4) is 0 Å². The van der Waals surface area contributed by atoms with Crippen molar-refractivity contribution in [3.8, 4) is 27.9 Å². The van der Waals surface area contributed by atoms with Gasteiger partial charge in [0.25, 0.3) is 0 Å². The van der Waals surface area contributed by atoms with Crippen LogP contribution in [0.2, 0.25) is 0 Å². The van der Waals surface area contributed by atoms with Crippen molar-refractivity contribution in [3.05, 3.63) is 164 Å². The zero-order chi connectivity index (χ0) is 34.4. The first-order valence-electron chi connectivity index (χ1n) is 18.2. The van der Waals surface area contributed by atoms with Crippen molar-refractivity contribution < 1.29 is 4.42 Å². The minimum atomic E-state index is -0.0687. The molecule has 2 aliphatic heterocycles. The highest BCUT2D eigenvalue weighted by Crippen LogP contribution is 2.51. The number of thiophene rings is 1. The Hall–Kier alpha value is -6.56. The predicted octanol–water partition coefficient (Wildman–Crippen LogP) is 12.0. The fraction of sp³-hybridized carbons (Fsp3) is 0. The maximum absolute atomic E-state index is 6.80. The van der Waals surface area contributed by atoms with Gasteiger partial charge in [-0.1, -0.05) is 121 Å². The van der Waals surface area contributed by atoms with Crippen LogP contribution in [0.5, 0.6) is 0 Å². The van der Waals surface area contributed by atoms with Gasteiger partial charge >= 0.3 is 6.85 Å². The molecular weight excluding hydrogens is 663 g/mol. The van der Waals surface area contributed by atoms with Crippen LogP contribution in [0.15, 0.2) is 168 Å². The average molecular weight is 691 g/mol. The Bertz CT molecular complexity index is 3350. The SMILES string of the molecule is c1ccc(-c2ccc(N3B4c5c(cc6oc7ccccc7c6c5-c5cc6ccccc6cc53)-n3c5sc6ccccc6c5c5cccc4c53)cc2)cc1. The molecular formula is C48H27BN2OS. The number of anilines is 2. The summed E-state index contributed by atoms with van der Waals surface area (Å²) in [5.41, 5.74) is 14.3. The lowest BCUT2D eigenvalue weighted by Gasteiger charge is -2.42. The zero-order valence-electron chi connectivity index (χ0n) is 28.4. The van der Waals surface area contributed by atoms with Gasteiger partial charge in [-0.15, -0.1) is 11.3 Å². The van der Waals surface area contributed by atoms with E-state index < -0.39 is 0 Å². The molecule has 3 nitrogen and oxygen atoms in total. The maximum Gasteiger partial charge on any atom is 0.333 e. The summed E-state index contributed by atoms with van der Waals surface area (Å²) in [6.45, 7) is -0.0687. The summed E-state index contributed by atoms with van der Waals surface area (Å²) >= 11 is 1.89. The fourth-order valence-corrected chi connectivity index (χ4v) is 10.8. The Labute approximate surface area is 308 Å². The molecule has 0 N–H and O–H groups in total. The van der Waals surface area contributed by atoms with Crippen molar-refractivity contribution in [2.24, 2.45) is 0 Å². The van der Waals surface area contributed by atoms with Gasteiger partial charge in [-0.25, -0.2) is 0 Å². The van der Waals surface area contributed by atoms with Gasteiger partial charge in [0.15, 0.2) is 0 Å². The van der Waals surface area contributed by atoms with Crippen molar-refractivity contribution in [1.29, 1.82) is 0 Å². The van der Waals surface area contributed by atoms with E-state index >= 15 is 0 Å². The monoisotopic (exact) mass is 690 g/mol. The quantitative estimate of drug-likeness (QED) is 0.168. The number of furan rings is 1. The molecule has 3 aromatic heterocycles. The smallest absolute Gasteiger partial charge is 0.333 e. The summed E-state index contributed by atoms with van der Waals surface area (Å²) in [4.78, 5) is 3.90. The fourth-order valence-electron chi connectivity index (χ4n) is 9.57. The van der Waals surface area contributed by atoms with Gasteiger partial charge in [-0.2, -0.15) is 0 Å². The van der Waals surface area contributed by atoms with E-state index in [1.54, 1.807) is 0 Å². The minimum Gasteiger partial charge on any atom is -0.456 e. The Morgan fingerprint density at radius 1 is 0.528 bits per heavy atom. The largest absolute Gasteiger partial charge is 0.456 e. The van der Waals surface area contributed by atoms with E-state index in [0.717, 1.165) is 16.6 Å². The van der Waals surface area contributed by atoms with E-state index in [0.29, 0.717) is 0 Å². The molecule has 244 valence electrons. The number of aromatic nitrogens is 1. The number of para-hydroxylation sites is 2. The van der Waals surface area contributed by atoms with Gasteiger partial charge in [0.05, 0.1) is 5.52 Å². The highest BCUT2D eigenvalue weighted by Gasteiger charge is 2.45. The number of nitrogens with zero attached hydrogens (tertiary/aromatic N) is 2. The summed E-state index contributed by atoms with van der Waals surface area (Å²) in [6.07, 6.45) is 0. The molecule has 5 heterocycles. The van der Waals surface area contributed by atoms with E-state index in [1.807, 2.05) is 11.3 Å². The van der Waals surface area contributed by atoms with E-state index in [2.05, 4.69) is 173 Å². The van der Waals surface area contributed by atoms with Crippen molar-refractivity contribution >= 4 is 104 Å². The van der Waals surface area contributed by atoms with E-state index in [4.69, 9.17) is 4.42 Å². The first-order valence-corrected chi connectivity index (χ1v) is 19.0. The molecule has 0 saturated heterocycles. The lowest BCUT2D eigenvalue weighted by Crippen LogP contribution is -2.60. The molecule has 0 amide bonds. The van der Waals surface area contributed by atoms with Crippen LogP contribution in [-0.2, 0) is 0 Å². The normalized spacial score (nSPS) is 13.2. The number of hydrogen-bond acceptors (Lipinski definition) is 3. The van der Waals surface area contributed by atoms with Gasteiger partial charge < -0.3 is 13.8 Å². The Morgan fingerprint density at radius 2 is 1.25 bits per heavy atom. The van der Waals surface area contributed by atoms with Crippen LogP contribution in [0, 0.1) is 0 Å². The van der Waals surface area contributed by atoms with Crippen LogP contribution in [0.1, 0.15) is 0 Å². The third-order valence-electron chi connectivity index (χ3n) is 11.7. The van der Waals surface area contributed by atoms with Crippen molar-refractivity contribution in [3.63, 3.8) is 0 Å². The molecule has 53 heavy (non-hydrogen) atoms. The predicted molar refractivity (Wildman–Crippen MR) is 225 cm³/mol. The second kappa shape index (κ2) is 10.1. The molecule has 0 atom stereocenters. The van der Waals surface area contributed by atoms with Gasteiger partial charge in [0.1, 0.15) is 16.0 Å². The first kappa shape index (κ1) is 28.1. The number of benzene rings is 8. The number of rotatable bonds is 2. The molecule has 11 aromatic rings. The van der Waals surface area contributed by atoms with E-state index in [9.17, 15) is 0 Å². The second-order valence-electron chi connectivity index (χ2n) is 14.4. The summed E-state index contributed by atoms with van der Waals surface area (Å²) in [6, 6.07) is 60.2. The Balaban J connectivity index is 1.22. The van der Waals surface area contributed by atoms with Gasteiger partial charge in [-0.3, -0.25) is 0 Å². The first-order chi connectivity index (χ1) is 26.3. The van der Waals surface area contributed by atoms with Crippen LogP contribution >= 0.6 is 11.3 Å². The number of fused-ring (bicyclic) bond motifs is 14. The average Bonchev–Trinajstić information content (AvgIpc) is 3.88. The Kier molecular flexibility index (Phi) is 5.33. The minimum absolute atomic E-state index is 0.0687. The third kappa shape index (κ3) is 3.60. The van der Waals surface area contributed by atoms with Crippen LogP contribution < -0.4 is 15.7 Å². The lowest BCUT2D eigenvalue weighted by atomic mass is 9.43. The zero-order valence-corrected chi connectivity index (χ0v) is 29.2. The molecule has 13 rings (SSSR count). The molecule has 0 aliphatic carbocycles. The standard InChI is InChI=1S/C48H27BN2OS/c1-2-11-28(12-3-1)29-21-23-32(24-22-29)51-38-26-31-14-5-4-13-30(31)25-36(38)45-44-33-15-6-8-19-40(33)52-41(44)27-39-46(45)49(51)37-18-10-17-35-43-34-16-7-9-20-42(34)53-48(43)50(39)47(35)37/h1-27H. The lowest BCUT2D eigenvalue weighted by molar-refractivity contribution is 0.669. The molecule has 0 spiro atoms. The van der Waals surface area contributed by atoms with E-state index in [1.165, 1.54) is 97.6 Å². The summed E-state index contributed by atoms with van der Waals surface area (Å²) < 4.78 is 10.7.